The molecular formula is C18H19N3O. The average molecular weight is 293 g/mol. The Balaban J connectivity index is 2.23. The fourth-order valence-electron chi connectivity index (χ4n) is 2.65. The van der Waals surface area contributed by atoms with Gasteiger partial charge < -0.3 is 5.32 Å². The molecule has 4 heteroatoms. The predicted octanol–water partition coefficient (Wildman–Crippen LogP) is 3.97. The molecule has 0 saturated carbocycles. The molecule has 0 spiro atoms. The number of imidazole rings is 1. The lowest BCUT2D eigenvalue weighted by Crippen LogP contribution is -2.12. The first-order valence-electron chi connectivity index (χ1n) is 7.44. The van der Waals surface area contributed by atoms with E-state index in [0.717, 1.165) is 22.7 Å². The van der Waals surface area contributed by atoms with Crippen molar-refractivity contribution in [1.82, 2.24) is 9.38 Å². The van der Waals surface area contributed by atoms with E-state index in [-0.39, 0.29) is 5.91 Å². The van der Waals surface area contributed by atoms with Crippen LogP contribution in [0.15, 0.2) is 42.6 Å². The van der Waals surface area contributed by atoms with Crippen LogP contribution in [0.3, 0.4) is 0 Å². The molecule has 1 N–H and O–H groups in total. The number of nitrogens with zero attached hydrogens (tertiary/aromatic N) is 2. The zero-order valence-corrected chi connectivity index (χ0v) is 13.1. The van der Waals surface area contributed by atoms with Crippen LogP contribution in [0.4, 0.5) is 5.82 Å². The van der Waals surface area contributed by atoms with Crippen molar-refractivity contribution in [3.05, 3.63) is 53.7 Å². The third kappa shape index (κ3) is 2.60. The summed E-state index contributed by atoms with van der Waals surface area (Å²) in [5.74, 6) is 0.712. The van der Waals surface area contributed by atoms with Gasteiger partial charge in [0.15, 0.2) is 0 Å². The van der Waals surface area contributed by atoms with E-state index in [1.165, 1.54) is 11.1 Å². The number of rotatable bonds is 3. The van der Waals surface area contributed by atoms with E-state index in [0.29, 0.717) is 6.42 Å². The number of hydrogen-bond donors (Lipinski definition) is 1. The Labute approximate surface area is 129 Å². The molecule has 0 radical (unpaired) electrons. The first kappa shape index (κ1) is 14.3. The topological polar surface area (TPSA) is 46.4 Å². The minimum atomic E-state index is -0.0173. The highest BCUT2D eigenvalue weighted by Gasteiger charge is 2.16. The lowest BCUT2D eigenvalue weighted by atomic mass is 10.1. The van der Waals surface area contributed by atoms with E-state index in [1.54, 1.807) is 0 Å². The summed E-state index contributed by atoms with van der Waals surface area (Å²) in [6.45, 7) is 5.97. The fraction of sp³-hybridized carbons (Fsp3) is 0.222. The van der Waals surface area contributed by atoms with Gasteiger partial charge in [0.2, 0.25) is 5.91 Å². The molecule has 0 aliphatic heterocycles. The van der Waals surface area contributed by atoms with Gasteiger partial charge in [-0.3, -0.25) is 9.20 Å². The smallest absolute Gasteiger partial charge is 0.225 e. The van der Waals surface area contributed by atoms with E-state index in [9.17, 15) is 4.79 Å². The number of hydrogen-bond acceptors (Lipinski definition) is 2. The molecule has 4 nitrogen and oxygen atoms in total. The number of anilines is 1. The molecule has 112 valence electrons. The number of carbonyl (C=O) groups is 1. The molecule has 1 aromatic carbocycles. The van der Waals surface area contributed by atoms with Crippen LogP contribution >= 0.6 is 0 Å². The second kappa shape index (κ2) is 5.64. The van der Waals surface area contributed by atoms with Crippen LogP contribution in [0.25, 0.3) is 16.9 Å². The van der Waals surface area contributed by atoms with Crippen LogP contribution in [0, 0.1) is 13.8 Å². The maximum absolute atomic E-state index is 11.9. The molecule has 0 saturated heterocycles. The first-order chi connectivity index (χ1) is 10.6. The van der Waals surface area contributed by atoms with Crippen LogP contribution < -0.4 is 5.32 Å². The Hall–Kier alpha value is -2.62. The Morgan fingerprint density at radius 1 is 1.18 bits per heavy atom. The van der Waals surface area contributed by atoms with E-state index < -0.39 is 0 Å². The molecule has 0 fully saturated rings. The molecule has 0 aliphatic rings. The van der Waals surface area contributed by atoms with Gasteiger partial charge >= 0.3 is 0 Å². The van der Waals surface area contributed by atoms with Crippen molar-refractivity contribution >= 4 is 17.4 Å². The lowest BCUT2D eigenvalue weighted by molar-refractivity contribution is -0.115. The van der Waals surface area contributed by atoms with Gasteiger partial charge in [-0.1, -0.05) is 30.2 Å². The van der Waals surface area contributed by atoms with Gasteiger partial charge in [-0.2, -0.15) is 0 Å². The molecule has 3 aromatic rings. The molecule has 0 unspecified atom stereocenters. The summed E-state index contributed by atoms with van der Waals surface area (Å²) in [5, 5.41) is 2.98. The first-order valence-corrected chi connectivity index (χ1v) is 7.44. The zero-order valence-electron chi connectivity index (χ0n) is 13.1. The highest BCUT2D eigenvalue weighted by atomic mass is 16.1. The van der Waals surface area contributed by atoms with Crippen LogP contribution in [0.5, 0.6) is 0 Å². The maximum atomic E-state index is 11.9. The molecule has 22 heavy (non-hydrogen) atoms. The Kier molecular flexibility index (Phi) is 3.67. The number of aryl methyl sites for hydroxylation is 2. The van der Waals surface area contributed by atoms with Gasteiger partial charge in [-0.25, -0.2) is 4.98 Å². The van der Waals surface area contributed by atoms with Crippen molar-refractivity contribution in [3.63, 3.8) is 0 Å². The van der Waals surface area contributed by atoms with Gasteiger partial charge in [-0.05, 0) is 38.1 Å². The van der Waals surface area contributed by atoms with Gasteiger partial charge in [-0.15, -0.1) is 0 Å². The lowest BCUT2D eigenvalue weighted by Gasteiger charge is -2.08. The summed E-state index contributed by atoms with van der Waals surface area (Å²) in [5.41, 5.74) is 5.01. The third-order valence-electron chi connectivity index (χ3n) is 3.60. The SMILES string of the molecule is CCC(=O)Nc1c(-c2cc(C)cc(C)c2)nc2ccccn12. The normalized spacial score (nSPS) is 10.9. The van der Waals surface area contributed by atoms with E-state index >= 15 is 0 Å². The highest BCUT2D eigenvalue weighted by molar-refractivity contribution is 5.94. The van der Waals surface area contributed by atoms with Crippen molar-refractivity contribution in [2.75, 3.05) is 5.32 Å². The zero-order chi connectivity index (χ0) is 15.7. The molecular weight excluding hydrogens is 274 g/mol. The van der Waals surface area contributed by atoms with Crippen LogP contribution in [-0.4, -0.2) is 15.3 Å². The van der Waals surface area contributed by atoms with E-state index in [4.69, 9.17) is 4.98 Å². The molecule has 2 aromatic heterocycles. The summed E-state index contributed by atoms with van der Waals surface area (Å²) in [6.07, 6.45) is 2.35. The van der Waals surface area contributed by atoms with Gasteiger partial charge in [0.05, 0.1) is 0 Å². The number of nitrogens with one attached hydrogen (secondary N) is 1. The Bertz CT molecular complexity index is 828. The summed E-state index contributed by atoms with van der Waals surface area (Å²) in [4.78, 5) is 16.6. The Morgan fingerprint density at radius 2 is 1.91 bits per heavy atom. The molecule has 3 rings (SSSR count). The van der Waals surface area contributed by atoms with Crippen molar-refractivity contribution in [2.24, 2.45) is 0 Å². The van der Waals surface area contributed by atoms with Crippen LogP contribution in [-0.2, 0) is 4.79 Å². The molecule has 0 aliphatic carbocycles. The Morgan fingerprint density at radius 3 is 2.59 bits per heavy atom. The summed E-state index contributed by atoms with van der Waals surface area (Å²) < 4.78 is 1.92. The number of fused-ring (bicyclic) bond motifs is 1. The largest absolute Gasteiger partial charge is 0.310 e. The van der Waals surface area contributed by atoms with Crippen molar-refractivity contribution in [2.45, 2.75) is 27.2 Å². The van der Waals surface area contributed by atoms with Crippen molar-refractivity contribution < 1.29 is 4.79 Å². The number of aromatic nitrogens is 2. The second-order valence-corrected chi connectivity index (χ2v) is 5.52. The quantitative estimate of drug-likeness (QED) is 0.794. The monoisotopic (exact) mass is 293 g/mol. The van der Waals surface area contributed by atoms with Gasteiger partial charge in [0, 0.05) is 18.2 Å². The minimum absolute atomic E-state index is 0.0173. The summed E-state index contributed by atoms with van der Waals surface area (Å²) in [7, 11) is 0. The second-order valence-electron chi connectivity index (χ2n) is 5.52. The van der Waals surface area contributed by atoms with Crippen molar-refractivity contribution in [1.29, 1.82) is 0 Å². The van der Waals surface area contributed by atoms with Crippen molar-refractivity contribution in [3.8, 4) is 11.3 Å². The highest BCUT2D eigenvalue weighted by Crippen LogP contribution is 2.30. The number of pyridine rings is 1. The molecule has 0 atom stereocenters. The van der Waals surface area contributed by atoms with E-state index in [1.807, 2.05) is 35.7 Å². The molecule has 1 amide bonds. The number of benzene rings is 1. The van der Waals surface area contributed by atoms with Crippen LogP contribution in [0.2, 0.25) is 0 Å². The number of carbonyl (C=O) groups excluding carboxylic acids is 1. The molecule has 0 bridgehead atoms. The minimum Gasteiger partial charge on any atom is -0.310 e. The predicted molar refractivity (Wildman–Crippen MR) is 89.0 cm³/mol. The third-order valence-corrected chi connectivity index (χ3v) is 3.60. The summed E-state index contributed by atoms with van der Waals surface area (Å²) >= 11 is 0. The fourth-order valence-corrected chi connectivity index (χ4v) is 2.65. The van der Waals surface area contributed by atoms with Crippen LogP contribution in [0.1, 0.15) is 24.5 Å². The van der Waals surface area contributed by atoms with Gasteiger partial charge in [0.1, 0.15) is 17.2 Å². The maximum Gasteiger partial charge on any atom is 0.225 e. The molecule has 2 heterocycles. The van der Waals surface area contributed by atoms with Gasteiger partial charge in [0.25, 0.3) is 0 Å². The standard InChI is InChI=1S/C18H19N3O/c1-4-16(22)20-18-17(14-10-12(2)9-13(3)11-14)19-15-7-5-6-8-21(15)18/h5-11H,4H2,1-3H3,(H,20,22). The summed E-state index contributed by atoms with van der Waals surface area (Å²) in [6, 6.07) is 12.1. The van der Waals surface area contributed by atoms with E-state index in [2.05, 4.69) is 37.4 Å². The average Bonchev–Trinajstić information content (AvgIpc) is 2.85. The number of amides is 1.